The Labute approximate surface area is 146 Å². The summed E-state index contributed by atoms with van der Waals surface area (Å²) < 4.78 is 0. The van der Waals surface area contributed by atoms with E-state index in [9.17, 15) is 4.79 Å². The van der Waals surface area contributed by atoms with Crippen LogP contribution in [-0.4, -0.2) is 21.9 Å². The van der Waals surface area contributed by atoms with Crippen LogP contribution in [0.3, 0.4) is 0 Å². The topological polar surface area (TPSA) is 66.9 Å². The highest BCUT2D eigenvalue weighted by Gasteiger charge is 2.15. The number of amides is 1. The Hall–Kier alpha value is -2.14. The van der Waals surface area contributed by atoms with Gasteiger partial charge in [0.1, 0.15) is 0 Å². The molecule has 0 spiro atoms. The summed E-state index contributed by atoms with van der Waals surface area (Å²) in [5.74, 6) is 0.335. The summed E-state index contributed by atoms with van der Waals surface area (Å²) in [7, 11) is 0. The highest BCUT2D eigenvalue weighted by molar-refractivity contribution is 6.31. The van der Waals surface area contributed by atoms with Crippen LogP contribution in [0.5, 0.6) is 0 Å². The lowest BCUT2D eigenvalue weighted by Gasteiger charge is -2.22. The average molecular weight is 345 g/mol. The first-order valence-corrected chi connectivity index (χ1v) is 8.66. The Bertz CT molecular complexity index is 711. The van der Waals surface area contributed by atoms with Crippen LogP contribution >= 0.6 is 11.6 Å². The van der Waals surface area contributed by atoms with Crippen molar-refractivity contribution in [3.05, 3.63) is 46.7 Å². The number of carbonyl (C=O) groups is 1. The molecule has 1 aliphatic rings. The van der Waals surface area contributed by atoms with Gasteiger partial charge in [0.15, 0.2) is 0 Å². The maximum absolute atomic E-state index is 12.3. The van der Waals surface area contributed by atoms with Crippen LogP contribution in [0, 0.1) is 6.92 Å². The van der Waals surface area contributed by atoms with E-state index in [1.165, 1.54) is 19.3 Å². The number of hydrogen-bond donors (Lipinski definition) is 2. The summed E-state index contributed by atoms with van der Waals surface area (Å²) >= 11 is 5.98. The smallest absolute Gasteiger partial charge is 0.258 e. The molecule has 0 radical (unpaired) electrons. The number of hydrogen-bond acceptors (Lipinski definition) is 4. The fourth-order valence-corrected chi connectivity index (χ4v) is 3.04. The predicted molar refractivity (Wildman–Crippen MR) is 96.7 cm³/mol. The lowest BCUT2D eigenvalue weighted by Crippen LogP contribution is -2.23. The van der Waals surface area contributed by atoms with E-state index in [-0.39, 0.29) is 5.91 Å². The summed E-state index contributed by atoms with van der Waals surface area (Å²) in [5.41, 5.74) is 2.06. The van der Waals surface area contributed by atoms with Crippen LogP contribution < -0.4 is 10.6 Å². The predicted octanol–water partition coefficient (Wildman–Crippen LogP) is 4.44. The molecular weight excluding hydrogens is 324 g/mol. The first-order chi connectivity index (χ1) is 11.6. The van der Waals surface area contributed by atoms with E-state index >= 15 is 0 Å². The first kappa shape index (κ1) is 16.7. The zero-order chi connectivity index (χ0) is 16.9. The molecule has 1 fully saturated rings. The van der Waals surface area contributed by atoms with E-state index in [1.807, 2.05) is 13.0 Å². The second-order valence-corrected chi connectivity index (χ2v) is 6.62. The van der Waals surface area contributed by atoms with Gasteiger partial charge in [-0.25, -0.2) is 9.97 Å². The van der Waals surface area contributed by atoms with E-state index in [1.54, 1.807) is 24.5 Å². The van der Waals surface area contributed by atoms with Crippen molar-refractivity contribution < 1.29 is 4.79 Å². The summed E-state index contributed by atoms with van der Waals surface area (Å²) in [6.07, 6.45) is 9.20. The van der Waals surface area contributed by atoms with Crippen molar-refractivity contribution in [3.63, 3.8) is 0 Å². The standard InChI is InChI=1S/C18H21ClN4O/c1-12-7-8-14(19)9-16(12)23-17(24)13-10-20-18(21-11-13)22-15-5-3-2-4-6-15/h7-11,15H,2-6H2,1H3,(H,23,24)(H,20,21,22). The quantitative estimate of drug-likeness (QED) is 0.860. The fourth-order valence-electron chi connectivity index (χ4n) is 2.87. The number of halogens is 1. The molecule has 0 bridgehead atoms. The molecule has 0 saturated heterocycles. The highest BCUT2D eigenvalue weighted by Crippen LogP contribution is 2.22. The summed E-state index contributed by atoms with van der Waals surface area (Å²) in [5, 5.41) is 6.77. The molecule has 126 valence electrons. The van der Waals surface area contributed by atoms with Gasteiger partial charge in [-0.15, -0.1) is 0 Å². The minimum absolute atomic E-state index is 0.246. The van der Waals surface area contributed by atoms with Crippen LogP contribution in [0.2, 0.25) is 5.02 Å². The van der Waals surface area contributed by atoms with Crippen molar-refractivity contribution in [2.45, 2.75) is 45.1 Å². The molecule has 6 heteroatoms. The molecule has 1 saturated carbocycles. The van der Waals surface area contributed by atoms with Crippen molar-refractivity contribution in [1.29, 1.82) is 0 Å². The SMILES string of the molecule is Cc1ccc(Cl)cc1NC(=O)c1cnc(NC2CCCCC2)nc1. The van der Waals surface area contributed by atoms with E-state index in [0.29, 0.717) is 28.3 Å². The van der Waals surface area contributed by atoms with E-state index in [2.05, 4.69) is 20.6 Å². The van der Waals surface area contributed by atoms with E-state index in [4.69, 9.17) is 11.6 Å². The summed E-state index contributed by atoms with van der Waals surface area (Å²) in [4.78, 5) is 20.9. The molecule has 1 aliphatic carbocycles. The maximum Gasteiger partial charge on any atom is 0.258 e. The molecular formula is C18H21ClN4O. The van der Waals surface area contributed by atoms with Gasteiger partial charge in [-0.05, 0) is 37.5 Å². The zero-order valence-corrected chi connectivity index (χ0v) is 14.4. The molecule has 0 aliphatic heterocycles. The van der Waals surface area contributed by atoms with Gasteiger partial charge in [-0.2, -0.15) is 0 Å². The lowest BCUT2D eigenvalue weighted by molar-refractivity contribution is 0.102. The molecule has 0 unspecified atom stereocenters. The number of nitrogens with one attached hydrogen (secondary N) is 2. The molecule has 2 aromatic rings. The van der Waals surface area contributed by atoms with Crippen LogP contribution in [0.1, 0.15) is 48.0 Å². The van der Waals surface area contributed by atoms with Gasteiger partial charge >= 0.3 is 0 Å². The van der Waals surface area contributed by atoms with E-state index in [0.717, 1.165) is 18.4 Å². The third kappa shape index (κ3) is 4.23. The lowest BCUT2D eigenvalue weighted by atomic mass is 9.96. The number of benzene rings is 1. The molecule has 2 N–H and O–H groups in total. The summed E-state index contributed by atoms with van der Waals surface area (Å²) in [6, 6.07) is 5.83. The van der Waals surface area contributed by atoms with Gasteiger partial charge in [0, 0.05) is 29.1 Å². The van der Waals surface area contributed by atoms with Crippen molar-refractivity contribution >= 4 is 29.1 Å². The van der Waals surface area contributed by atoms with Gasteiger partial charge < -0.3 is 10.6 Å². The molecule has 24 heavy (non-hydrogen) atoms. The van der Waals surface area contributed by atoms with Gasteiger partial charge in [0.25, 0.3) is 5.91 Å². The van der Waals surface area contributed by atoms with Crippen molar-refractivity contribution in [2.24, 2.45) is 0 Å². The molecule has 5 nitrogen and oxygen atoms in total. The normalized spacial score (nSPS) is 15.1. The fraction of sp³-hybridized carbons (Fsp3) is 0.389. The number of anilines is 2. The summed E-state index contributed by atoms with van der Waals surface area (Å²) in [6.45, 7) is 1.92. The monoisotopic (exact) mass is 344 g/mol. The second kappa shape index (κ2) is 7.62. The molecule has 1 amide bonds. The molecule has 3 rings (SSSR count). The number of nitrogens with zero attached hydrogens (tertiary/aromatic N) is 2. The molecule has 1 aromatic carbocycles. The van der Waals surface area contributed by atoms with Crippen molar-refractivity contribution in [2.75, 3.05) is 10.6 Å². The minimum atomic E-state index is -0.246. The van der Waals surface area contributed by atoms with Gasteiger partial charge in [0.05, 0.1) is 5.56 Å². The Morgan fingerprint density at radius 3 is 2.58 bits per heavy atom. The Morgan fingerprint density at radius 1 is 1.17 bits per heavy atom. The Balaban J connectivity index is 1.64. The number of carbonyl (C=O) groups excluding carboxylic acids is 1. The number of aromatic nitrogens is 2. The third-order valence-corrected chi connectivity index (χ3v) is 4.54. The Morgan fingerprint density at radius 2 is 1.88 bits per heavy atom. The largest absolute Gasteiger partial charge is 0.351 e. The van der Waals surface area contributed by atoms with Crippen LogP contribution in [-0.2, 0) is 0 Å². The molecule has 0 atom stereocenters. The van der Waals surface area contributed by atoms with E-state index < -0.39 is 0 Å². The highest BCUT2D eigenvalue weighted by atomic mass is 35.5. The average Bonchev–Trinajstić information content (AvgIpc) is 2.60. The zero-order valence-electron chi connectivity index (χ0n) is 13.7. The van der Waals surface area contributed by atoms with Gasteiger partial charge in [-0.3, -0.25) is 4.79 Å². The van der Waals surface area contributed by atoms with Crippen LogP contribution in [0.25, 0.3) is 0 Å². The Kier molecular flexibility index (Phi) is 5.30. The van der Waals surface area contributed by atoms with Crippen molar-refractivity contribution in [1.82, 2.24) is 9.97 Å². The van der Waals surface area contributed by atoms with Crippen LogP contribution in [0.15, 0.2) is 30.6 Å². The van der Waals surface area contributed by atoms with Crippen molar-refractivity contribution in [3.8, 4) is 0 Å². The third-order valence-electron chi connectivity index (χ3n) is 4.30. The first-order valence-electron chi connectivity index (χ1n) is 8.28. The number of aryl methyl sites for hydroxylation is 1. The van der Waals surface area contributed by atoms with Gasteiger partial charge in [-0.1, -0.05) is 36.9 Å². The number of rotatable bonds is 4. The molecule has 1 heterocycles. The van der Waals surface area contributed by atoms with Gasteiger partial charge in [0.2, 0.25) is 5.95 Å². The second-order valence-electron chi connectivity index (χ2n) is 6.19. The molecule has 1 aromatic heterocycles. The minimum Gasteiger partial charge on any atom is -0.351 e. The maximum atomic E-state index is 12.3. The van der Waals surface area contributed by atoms with Crippen LogP contribution in [0.4, 0.5) is 11.6 Å².